The predicted octanol–water partition coefficient (Wildman–Crippen LogP) is 3.52. The van der Waals surface area contributed by atoms with Crippen molar-refractivity contribution in [2.75, 3.05) is 25.4 Å². The van der Waals surface area contributed by atoms with Crippen molar-refractivity contribution in [2.24, 2.45) is 4.99 Å². The van der Waals surface area contributed by atoms with E-state index in [4.69, 9.17) is 9.98 Å². The van der Waals surface area contributed by atoms with E-state index in [2.05, 4.69) is 35.0 Å². The van der Waals surface area contributed by atoms with Crippen LogP contribution in [0.15, 0.2) is 40.7 Å². The molecule has 0 amide bonds. The average molecular weight is 563 g/mol. The van der Waals surface area contributed by atoms with Gasteiger partial charge in [-0.1, -0.05) is 30.3 Å². The van der Waals surface area contributed by atoms with E-state index in [1.165, 1.54) is 5.56 Å². The van der Waals surface area contributed by atoms with Gasteiger partial charge in [-0.15, -0.1) is 35.3 Å². The van der Waals surface area contributed by atoms with Crippen LogP contribution in [0, 0.1) is 0 Å². The van der Waals surface area contributed by atoms with Crippen molar-refractivity contribution in [1.82, 2.24) is 15.2 Å². The molecule has 0 saturated carbocycles. The van der Waals surface area contributed by atoms with Gasteiger partial charge in [-0.05, 0) is 32.8 Å². The summed E-state index contributed by atoms with van der Waals surface area (Å²) in [4.78, 5) is 11.5. The number of hydrogen-bond donors (Lipinski definition) is 1. The van der Waals surface area contributed by atoms with Gasteiger partial charge in [0.1, 0.15) is 0 Å². The minimum atomic E-state index is -3.07. The van der Waals surface area contributed by atoms with Crippen molar-refractivity contribution in [3.05, 3.63) is 52.0 Å². The Hall–Kier alpha value is -1.20. The molecule has 1 aromatic heterocycles. The molecule has 2 aromatic rings. The van der Waals surface area contributed by atoms with E-state index in [0.717, 1.165) is 36.0 Å². The maximum atomic E-state index is 12.3. The standard InChI is InChI=1S/C21H30N4O2S2.HI/c1-4-22-20(25-12-13-29(26,27)21(2,3)16-25)23-14-18-15-28-19(24-18)11-10-17-8-6-5-7-9-17;/h5-9,15H,4,10-14,16H2,1-3H3,(H,22,23);1H. The Balaban J connectivity index is 0.00000320. The fourth-order valence-corrected chi connectivity index (χ4v) is 5.49. The molecule has 2 heterocycles. The van der Waals surface area contributed by atoms with E-state index in [0.29, 0.717) is 19.6 Å². The quantitative estimate of drug-likeness (QED) is 0.332. The van der Waals surface area contributed by atoms with Crippen LogP contribution in [-0.2, 0) is 29.2 Å². The Morgan fingerprint density at radius 1 is 1.27 bits per heavy atom. The second-order valence-electron chi connectivity index (χ2n) is 7.89. The number of nitrogens with one attached hydrogen (secondary N) is 1. The molecule has 3 rings (SSSR count). The number of halogens is 1. The summed E-state index contributed by atoms with van der Waals surface area (Å²) < 4.78 is 23.8. The Morgan fingerprint density at radius 2 is 2.00 bits per heavy atom. The zero-order chi connectivity index (χ0) is 20.9. The van der Waals surface area contributed by atoms with E-state index in [-0.39, 0.29) is 29.7 Å². The number of nitrogens with zero attached hydrogens (tertiary/aromatic N) is 3. The van der Waals surface area contributed by atoms with E-state index in [1.54, 1.807) is 25.2 Å². The molecule has 9 heteroatoms. The summed E-state index contributed by atoms with van der Waals surface area (Å²) in [5.74, 6) is 0.916. The van der Waals surface area contributed by atoms with Gasteiger partial charge < -0.3 is 10.2 Å². The van der Waals surface area contributed by atoms with Crippen molar-refractivity contribution in [2.45, 2.75) is 44.9 Å². The maximum absolute atomic E-state index is 12.3. The number of aryl methyl sites for hydroxylation is 2. The third kappa shape index (κ3) is 6.40. The lowest BCUT2D eigenvalue weighted by Gasteiger charge is -2.39. The van der Waals surface area contributed by atoms with Gasteiger partial charge in [-0.3, -0.25) is 0 Å². The number of rotatable bonds is 6. The monoisotopic (exact) mass is 562 g/mol. The number of guanidine groups is 1. The largest absolute Gasteiger partial charge is 0.357 e. The molecule has 1 fully saturated rings. The van der Waals surface area contributed by atoms with Crippen molar-refractivity contribution < 1.29 is 8.42 Å². The summed E-state index contributed by atoms with van der Waals surface area (Å²) in [6.45, 7) is 7.74. The highest BCUT2D eigenvalue weighted by Gasteiger charge is 2.40. The summed E-state index contributed by atoms with van der Waals surface area (Å²) in [5.41, 5.74) is 2.27. The molecular weight excluding hydrogens is 531 g/mol. The summed E-state index contributed by atoms with van der Waals surface area (Å²) in [5, 5.41) is 6.49. The van der Waals surface area contributed by atoms with Crippen molar-refractivity contribution in [1.29, 1.82) is 0 Å². The molecule has 1 saturated heterocycles. The molecule has 0 atom stereocenters. The topological polar surface area (TPSA) is 74.7 Å². The summed E-state index contributed by atoms with van der Waals surface area (Å²) in [6, 6.07) is 10.4. The first-order valence-corrected chi connectivity index (χ1v) is 12.6. The summed E-state index contributed by atoms with van der Waals surface area (Å²) >= 11 is 1.68. The van der Waals surface area contributed by atoms with Gasteiger partial charge in [0, 0.05) is 31.4 Å². The Morgan fingerprint density at radius 3 is 2.67 bits per heavy atom. The van der Waals surface area contributed by atoms with Crippen molar-refractivity contribution in [3.63, 3.8) is 0 Å². The number of aromatic nitrogens is 1. The minimum Gasteiger partial charge on any atom is -0.357 e. The van der Waals surface area contributed by atoms with Gasteiger partial charge in [0.2, 0.25) is 0 Å². The van der Waals surface area contributed by atoms with Crippen LogP contribution < -0.4 is 5.32 Å². The molecule has 0 unspecified atom stereocenters. The van der Waals surface area contributed by atoms with E-state index >= 15 is 0 Å². The molecule has 6 nitrogen and oxygen atoms in total. The first-order valence-electron chi connectivity index (χ1n) is 10.0. The lowest BCUT2D eigenvalue weighted by atomic mass is 10.1. The fourth-order valence-electron chi connectivity index (χ4n) is 3.34. The van der Waals surface area contributed by atoms with Gasteiger partial charge in [0.15, 0.2) is 15.8 Å². The molecule has 0 spiro atoms. The van der Waals surface area contributed by atoms with Gasteiger partial charge in [-0.2, -0.15) is 0 Å². The Labute approximate surface area is 201 Å². The van der Waals surface area contributed by atoms with Gasteiger partial charge >= 0.3 is 0 Å². The molecule has 1 N–H and O–H groups in total. The van der Waals surface area contributed by atoms with E-state index in [9.17, 15) is 8.42 Å². The summed E-state index contributed by atoms with van der Waals surface area (Å²) in [7, 11) is -3.07. The molecule has 1 aromatic carbocycles. The zero-order valence-electron chi connectivity index (χ0n) is 17.8. The van der Waals surface area contributed by atoms with E-state index in [1.807, 2.05) is 17.9 Å². The number of thiazole rings is 1. The molecule has 1 aliphatic heterocycles. The fraction of sp³-hybridized carbons (Fsp3) is 0.524. The average Bonchev–Trinajstić information content (AvgIpc) is 3.14. The first kappa shape index (κ1) is 25.1. The van der Waals surface area contributed by atoms with Crippen LogP contribution in [0.4, 0.5) is 0 Å². The maximum Gasteiger partial charge on any atom is 0.194 e. The number of aliphatic imine (C=N–C) groups is 1. The Bertz CT molecular complexity index is 943. The number of hydrogen-bond acceptors (Lipinski definition) is 5. The second kappa shape index (κ2) is 10.9. The predicted molar refractivity (Wildman–Crippen MR) is 136 cm³/mol. The van der Waals surface area contributed by atoms with Gasteiger partial charge in [-0.25, -0.2) is 18.4 Å². The lowest BCUT2D eigenvalue weighted by molar-refractivity contribution is 0.353. The van der Waals surface area contributed by atoms with Crippen molar-refractivity contribution in [3.8, 4) is 0 Å². The summed E-state index contributed by atoms with van der Waals surface area (Å²) in [6.07, 6.45) is 1.91. The van der Waals surface area contributed by atoms with Crippen LogP contribution >= 0.6 is 35.3 Å². The highest BCUT2D eigenvalue weighted by atomic mass is 127. The van der Waals surface area contributed by atoms with Crippen LogP contribution in [-0.4, -0.2) is 54.4 Å². The SMILES string of the molecule is CCNC(=NCc1csc(CCc2ccccc2)n1)N1CCS(=O)(=O)C(C)(C)C1.I. The second-order valence-corrected chi connectivity index (χ2v) is 11.6. The highest BCUT2D eigenvalue weighted by molar-refractivity contribution is 14.0. The van der Waals surface area contributed by atoms with E-state index < -0.39 is 14.6 Å². The third-order valence-electron chi connectivity index (χ3n) is 5.14. The lowest BCUT2D eigenvalue weighted by Crippen LogP contribution is -2.57. The van der Waals surface area contributed by atoms with Crippen LogP contribution in [0.5, 0.6) is 0 Å². The molecule has 1 aliphatic rings. The molecule has 30 heavy (non-hydrogen) atoms. The first-order chi connectivity index (χ1) is 13.8. The van der Waals surface area contributed by atoms with Crippen LogP contribution in [0.3, 0.4) is 0 Å². The normalized spacial score (nSPS) is 18.0. The molecule has 0 radical (unpaired) electrons. The smallest absolute Gasteiger partial charge is 0.194 e. The van der Waals surface area contributed by atoms with Gasteiger partial charge in [0.05, 0.1) is 27.7 Å². The van der Waals surface area contributed by atoms with Crippen molar-refractivity contribution >= 4 is 51.1 Å². The molecule has 0 bridgehead atoms. The number of benzene rings is 1. The van der Waals surface area contributed by atoms with Crippen LogP contribution in [0.25, 0.3) is 0 Å². The minimum absolute atomic E-state index is 0. The Kier molecular flexibility index (Phi) is 9.11. The van der Waals surface area contributed by atoms with Crippen LogP contribution in [0.2, 0.25) is 0 Å². The van der Waals surface area contributed by atoms with Gasteiger partial charge in [0.25, 0.3) is 0 Å². The third-order valence-corrected chi connectivity index (χ3v) is 8.63. The zero-order valence-corrected chi connectivity index (χ0v) is 21.8. The molecule has 0 aliphatic carbocycles. The molecular formula is C21H31IN4O2S2. The number of sulfone groups is 1. The molecule has 166 valence electrons. The van der Waals surface area contributed by atoms with Crippen LogP contribution in [0.1, 0.15) is 37.0 Å². The highest BCUT2D eigenvalue weighted by Crippen LogP contribution is 2.24.